The Bertz CT molecular complexity index is 1200. The van der Waals surface area contributed by atoms with Gasteiger partial charge in [0, 0.05) is 11.4 Å². The summed E-state index contributed by atoms with van der Waals surface area (Å²) in [5.41, 5.74) is 3.51. The summed E-state index contributed by atoms with van der Waals surface area (Å²) in [5.74, 6) is 0.957. The molecule has 1 aromatic carbocycles. The summed E-state index contributed by atoms with van der Waals surface area (Å²) in [6.45, 7) is 14.5. The number of nitrogens with zero attached hydrogens (tertiary/aromatic N) is 3. The normalized spacial score (nSPS) is 11.9. The molecule has 2 aromatic heterocycles. The number of carbonyl (C=O) groups excluding carboxylic acids is 2. The van der Waals surface area contributed by atoms with Gasteiger partial charge in [-0.05, 0) is 77.3 Å². The van der Waals surface area contributed by atoms with Crippen LogP contribution in [0.15, 0.2) is 23.4 Å². The van der Waals surface area contributed by atoms with Gasteiger partial charge in [-0.25, -0.2) is 4.79 Å². The molecule has 0 aliphatic rings. The molecule has 0 aliphatic carbocycles. The smallest absolute Gasteiger partial charge is 0.341 e. The maximum absolute atomic E-state index is 12.7. The largest absolute Gasteiger partial charge is 0.483 e. The van der Waals surface area contributed by atoms with Crippen molar-refractivity contribution in [1.82, 2.24) is 14.8 Å². The third-order valence-electron chi connectivity index (χ3n) is 5.38. The highest BCUT2D eigenvalue weighted by atomic mass is 32.2. The number of benzene rings is 1. The molecule has 10 heteroatoms. The van der Waals surface area contributed by atoms with Gasteiger partial charge in [0.15, 0.2) is 17.1 Å². The molecule has 2 heterocycles. The number of amides is 1. The van der Waals surface area contributed by atoms with E-state index in [4.69, 9.17) is 9.47 Å². The number of carbonyl (C=O) groups is 2. The topological polar surface area (TPSA) is 95.3 Å². The van der Waals surface area contributed by atoms with Crippen molar-refractivity contribution in [2.45, 2.75) is 66.3 Å². The van der Waals surface area contributed by atoms with Crippen LogP contribution in [0.5, 0.6) is 5.75 Å². The van der Waals surface area contributed by atoms with Gasteiger partial charge in [-0.15, -0.1) is 21.5 Å². The second kappa shape index (κ2) is 11.7. The molecule has 0 fully saturated rings. The van der Waals surface area contributed by atoms with Crippen LogP contribution in [0.25, 0.3) is 0 Å². The monoisotopic (exact) mass is 516 g/mol. The first-order chi connectivity index (χ1) is 16.6. The van der Waals surface area contributed by atoms with E-state index in [9.17, 15) is 9.59 Å². The summed E-state index contributed by atoms with van der Waals surface area (Å²) < 4.78 is 13.3. The molecule has 3 aromatic rings. The number of ether oxygens (including phenoxy) is 2. The lowest BCUT2D eigenvalue weighted by Gasteiger charge is -2.16. The lowest BCUT2D eigenvalue weighted by atomic mass is 10.1. The molecule has 0 spiro atoms. The second-order valence-electron chi connectivity index (χ2n) is 8.21. The molecule has 1 amide bonds. The zero-order valence-corrected chi connectivity index (χ0v) is 22.9. The number of hydrogen-bond donors (Lipinski definition) is 1. The molecule has 35 heavy (non-hydrogen) atoms. The van der Waals surface area contributed by atoms with Gasteiger partial charge in [0.1, 0.15) is 10.8 Å². The number of esters is 1. The van der Waals surface area contributed by atoms with Crippen LogP contribution >= 0.6 is 23.1 Å². The van der Waals surface area contributed by atoms with Gasteiger partial charge >= 0.3 is 5.97 Å². The second-order valence-corrected chi connectivity index (χ2v) is 10.4. The summed E-state index contributed by atoms with van der Waals surface area (Å²) in [7, 11) is 0. The van der Waals surface area contributed by atoms with Gasteiger partial charge < -0.3 is 19.4 Å². The highest BCUT2D eigenvalue weighted by molar-refractivity contribution is 7.99. The summed E-state index contributed by atoms with van der Waals surface area (Å²) in [6, 6.07) is 6.09. The summed E-state index contributed by atoms with van der Waals surface area (Å²) >= 11 is 2.67. The Morgan fingerprint density at radius 1 is 1.11 bits per heavy atom. The van der Waals surface area contributed by atoms with Gasteiger partial charge in [0.05, 0.1) is 17.9 Å². The number of aromatic nitrogens is 3. The number of aryl methyl sites for hydroxylation is 3. The van der Waals surface area contributed by atoms with E-state index >= 15 is 0 Å². The first kappa shape index (κ1) is 26.7. The molecule has 0 saturated carbocycles. The van der Waals surface area contributed by atoms with Crippen molar-refractivity contribution >= 4 is 40.0 Å². The number of thiophene rings is 1. The van der Waals surface area contributed by atoms with Gasteiger partial charge in [-0.2, -0.15) is 0 Å². The van der Waals surface area contributed by atoms with Gasteiger partial charge in [-0.3, -0.25) is 4.79 Å². The molecule has 0 aliphatic heterocycles. The average molecular weight is 517 g/mol. The van der Waals surface area contributed by atoms with Crippen LogP contribution in [0.2, 0.25) is 0 Å². The number of rotatable bonds is 10. The van der Waals surface area contributed by atoms with Crippen LogP contribution in [0, 0.1) is 27.7 Å². The van der Waals surface area contributed by atoms with Crippen molar-refractivity contribution in [2.75, 3.05) is 17.7 Å². The number of hydrogen-bond acceptors (Lipinski definition) is 8. The van der Waals surface area contributed by atoms with Crippen LogP contribution in [0.4, 0.5) is 5.00 Å². The zero-order valence-electron chi connectivity index (χ0n) is 21.2. The molecule has 0 saturated heterocycles. The van der Waals surface area contributed by atoms with E-state index in [1.807, 2.05) is 58.2 Å². The van der Waals surface area contributed by atoms with Crippen molar-refractivity contribution < 1.29 is 19.1 Å². The minimum Gasteiger partial charge on any atom is -0.483 e. The highest BCUT2D eigenvalue weighted by Crippen LogP contribution is 2.33. The van der Waals surface area contributed by atoms with Crippen LogP contribution in [-0.2, 0) is 16.1 Å². The fourth-order valence-electron chi connectivity index (χ4n) is 3.72. The average Bonchev–Trinajstić information content (AvgIpc) is 3.31. The molecule has 3 rings (SSSR count). The SMILES string of the molecule is CCOC(=O)c1c(NC(=O)CSc2nnc(C(C)Oc3cc(C)cc(C)c3)n2CC)sc(C)c1C. The lowest BCUT2D eigenvalue weighted by Crippen LogP contribution is -2.17. The van der Waals surface area contributed by atoms with E-state index in [-0.39, 0.29) is 24.4 Å². The standard InChI is InChI=1S/C25H32N4O4S2/c1-8-29-22(17(6)33-19-11-14(3)10-15(4)12-19)27-28-25(29)34-13-20(30)26-23-21(24(31)32-9-2)16(5)18(7)35-23/h10-12,17H,8-9,13H2,1-7H3,(H,26,30). The predicted molar refractivity (Wildman–Crippen MR) is 140 cm³/mol. The van der Waals surface area contributed by atoms with E-state index in [1.54, 1.807) is 6.92 Å². The van der Waals surface area contributed by atoms with E-state index < -0.39 is 5.97 Å². The van der Waals surface area contributed by atoms with E-state index in [0.717, 1.165) is 27.3 Å². The molecule has 1 atom stereocenters. The first-order valence-electron chi connectivity index (χ1n) is 11.5. The summed E-state index contributed by atoms with van der Waals surface area (Å²) in [6.07, 6.45) is -0.309. The quantitative estimate of drug-likeness (QED) is 0.275. The van der Waals surface area contributed by atoms with Crippen molar-refractivity contribution in [3.05, 3.63) is 51.2 Å². The maximum Gasteiger partial charge on any atom is 0.341 e. The molecule has 8 nitrogen and oxygen atoms in total. The van der Waals surface area contributed by atoms with Crippen LogP contribution < -0.4 is 10.1 Å². The Balaban J connectivity index is 1.68. The maximum atomic E-state index is 12.7. The molecule has 188 valence electrons. The van der Waals surface area contributed by atoms with Gasteiger partial charge in [0.25, 0.3) is 0 Å². The molecule has 0 bridgehead atoms. The Kier molecular flexibility index (Phi) is 8.96. The van der Waals surface area contributed by atoms with E-state index in [1.165, 1.54) is 23.1 Å². The number of thioether (sulfide) groups is 1. The molecule has 0 radical (unpaired) electrons. The third-order valence-corrected chi connectivity index (χ3v) is 7.47. The number of nitrogens with one attached hydrogen (secondary N) is 1. The highest BCUT2D eigenvalue weighted by Gasteiger charge is 2.23. The van der Waals surface area contributed by atoms with Crippen LogP contribution in [-0.4, -0.2) is 39.0 Å². The van der Waals surface area contributed by atoms with Crippen molar-refractivity contribution in [2.24, 2.45) is 0 Å². The van der Waals surface area contributed by atoms with Crippen molar-refractivity contribution in [3.63, 3.8) is 0 Å². The Labute approximate surface area is 214 Å². The van der Waals surface area contributed by atoms with Crippen molar-refractivity contribution in [3.8, 4) is 5.75 Å². The first-order valence-corrected chi connectivity index (χ1v) is 13.3. The Morgan fingerprint density at radius 2 is 1.80 bits per heavy atom. The third kappa shape index (κ3) is 6.43. The lowest BCUT2D eigenvalue weighted by molar-refractivity contribution is -0.113. The van der Waals surface area contributed by atoms with Crippen molar-refractivity contribution in [1.29, 1.82) is 0 Å². The fourth-order valence-corrected chi connectivity index (χ4v) is 5.59. The Morgan fingerprint density at radius 3 is 2.43 bits per heavy atom. The predicted octanol–water partition coefficient (Wildman–Crippen LogP) is 5.64. The minimum atomic E-state index is -0.425. The zero-order chi connectivity index (χ0) is 25.7. The molecular formula is C25H32N4O4S2. The summed E-state index contributed by atoms with van der Waals surface area (Å²) in [4.78, 5) is 26.1. The number of anilines is 1. The molecular weight excluding hydrogens is 484 g/mol. The van der Waals surface area contributed by atoms with Crippen LogP contribution in [0.1, 0.15) is 64.6 Å². The van der Waals surface area contributed by atoms with E-state index in [2.05, 4.69) is 21.6 Å². The molecule has 1 N–H and O–H groups in total. The van der Waals surface area contributed by atoms with E-state index in [0.29, 0.717) is 28.1 Å². The summed E-state index contributed by atoms with van der Waals surface area (Å²) in [5, 5.41) is 12.7. The van der Waals surface area contributed by atoms with Crippen LogP contribution in [0.3, 0.4) is 0 Å². The minimum absolute atomic E-state index is 0.128. The van der Waals surface area contributed by atoms with Gasteiger partial charge in [0.2, 0.25) is 5.91 Å². The fraction of sp³-hybridized carbons (Fsp3) is 0.440. The molecule has 1 unspecified atom stereocenters. The van der Waals surface area contributed by atoms with Gasteiger partial charge in [-0.1, -0.05) is 17.8 Å². The Hall–Kier alpha value is -2.85.